The minimum Gasteiger partial charge on any atom is -0.207 e. The second-order valence-electron chi connectivity index (χ2n) is 7.00. The van der Waals surface area contributed by atoms with Gasteiger partial charge in [-0.3, -0.25) is 0 Å². The van der Waals surface area contributed by atoms with E-state index in [0.717, 1.165) is 19.3 Å². The Labute approximate surface area is 153 Å². The van der Waals surface area contributed by atoms with E-state index in [1.807, 2.05) is 0 Å². The number of hydrogen-bond donors (Lipinski definition) is 0. The molecule has 3 nitrogen and oxygen atoms in total. The third-order valence-electron chi connectivity index (χ3n) is 5.48. The van der Waals surface area contributed by atoms with Crippen LogP contribution < -0.4 is 0 Å². The van der Waals surface area contributed by atoms with Crippen molar-refractivity contribution in [3.63, 3.8) is 0 Å². The van der Waals surface area contributed by atoms with Gasteiger partial charge in [0.05, 0.1) is 4.90 Å². The lowest BCUT2D eigenvalue weighted by Gasteiger charge is -2.34. The summed E-state index contributed by atoms with van der Waals surface area (Å²) in [6, 6.07) is 9.41. The molecule has 2 aromatic rings. The maximum Gasteiger partial charge on any atom is 0.243 e. The van der Waals surface area contributed by atoms with Gasteiger partial charge in [-0.25, -0.2) is 12.8 Å². The molecule has 0 atom stereocenters. The molecule has 2 aromatic carbocycles. The molecule has 5 heteroatoms. The Bertz CT molecular complexity index is 961. The Kier molecular flexibility index (Phi) is 4.67. The van der Waals surface area contributed by atoms with E-state index >= 15 is 0 Å². The average Bonchev–Trinajstić information content (AvgIpc) is 2.69. The third-order valence-corrected chi connectivity index (χ3v) is 7.44. The number of fused-ring (bicyclic) bond motifs is 1. The summed E-state index contributed by atoms with van der Waals surface area (Å²) in [5.41, 5.74) is 0. The Morgan fingerprint density at radius 3 is 2.27 bits per heavy atom. The molecule has 1 saturated heterocycles. The third kappa shape index (κ3) is 3.10. The molecule has 1 fully saturated rings. The van der Waals surface area contributed by atoms with Crippen LogP contribution in [0.2, 0.25) is 0 Å². The number of hydrogen-bond acceptors (Lipinski definition) is 2. The smallest absolute Gasteiger partial charge is 0.207 e. The molecular weight excluding hydrogens is 349 g/mol. The van der Waals surface area contributed by atoms with Crippen LogP contribution in [-0.2, 0) is 10.0 Å². The minimum atomic E-state index is -3.63. The van der Waals surface area contributed by atoms with Gasteiger partial charge in [0.2, 0.25) is 10.0 Å². The number of rotatable bonds is 3. The molecule has 0 amide bonds. The second kappa shape index (κ2) is 6.97. The fourth-order valence-corrected chi connectivity index (χ4v) is 5.69. The first kappa shape index (κ1) is 17.4. The van der Waals surface area contributed by atoms with E-state index in [1.165, 1.54) is 12.1 Å². The summed E-state index contributed by atoms with van der Waals surface area (Å²) in [4.78, 5) is 0.199. The zero-order valence-electron chi connectivity index (χ0n) is 14.5. The van der Waals surface area contributed by atoms with Crippen molar-refractivity contribution in [1.82, 2.24) is 4.31 Å². The highest BCUT2D eigenvalue weighted by Crippen LogP contribution is 2.33. The largest absolute Gasteiger partial charge is 0.243 e. The molecule has 4 rings (SSSR count). The summed E-state index contributed by atoms with van der Waals surface area (Å²) >= 11 is 0. The van der Waals surface area contributed by atoms with Crippen LogP contribution >= 0.6 is 0 Å². The number of allylic oxidation sites excluding steroid dienone is 4. The van der Waals surface area contributed by atoms with E-state index < -0.39 is 15.8 Å². The van der Waals surface area contributed by atoms with Crippen molar-refractivity contribution in [1.29, 1.82) is 0 Å². The summed E-state index contributed by atoms with van der Waals surface area (Å²) < 4.78 is 41.9. The van der Waals surface area contributed by atoms with Crippen molar-refractivity contribution in [2.75, 3.05) is 13.1 Å². The lowest BCUT2D eigenvalue weighted by atomic mass is 9.83. The molecule has 0 bridgehead atoms. The van der Waals surface area contributed by atoms with Crippen LogP contribution in [0.3, 0.4) is 0 Å². The summed E-state index contributed by atoms with van der Waals surface area (Å²) in [5, 5.41) is 0.800. The highest BCUT2D eigenvalue weighted by atomic mass is 32.2. The van der Waals surface area contributed by atoms with E-state index in [2.05, 4.69) is 24.3 Å². The van der Waals surface area contributed by atoms with Gasteiger partial charge in [-0.15, -0.1) is 0 Å². The zero-order chi connectivity index (χ0) is 18.1. The van der Waals surface area contributed by atoms with Gasteiger partial charge in [0.15, 0.2) is 0 Å². The monoisotopic (exact) mass is 371 g/mol. The Morgan fingerprint density at radius 1 is 0.923 bits per heavy atom. The van der Waals surface area contributed by atoms with Gasteiger partial charge in [0, 0.05) is 23.9 Å². The topological polar surface area (TPSA) is 37.4 Å². The van der Waals surface area contributed by atoms with Crippen molar-refractivity contribution in [2.45, 2.75) is 24.2 Å². The predicted molar refractivity (Wildman–Crippen MR) is 102 cm³/mol. The van der Waals surface area contributed by atoms with Gasteiger partial charge in [-0.2, -0.15) is 4.31 Å². The zero-order valence-corrected chi connectivity index (χ0v) is 15.3. The minimum absolute atomic E-state index is 0.199. The lowest BCUT2D eigenvalue weighted by molar-refractivity contribution is 0.250. The lowest BCUT2D eigenvalue weighted by Crippen LogP contribution is -2.39. The fraction of sp³-hybridized carbons (Fsp3) is 0.333. The van der Waals surface area contributed by atoms with Gasteiger partial charge < -0.3 is 0 Å². The van der Waals surface area contributed by atoms with E-state index in [4.69, 9.17) is 0 Å². The van der Waals surface area contributed by atoms with Crippen molar-refractivity contribution < 1.29 is 12.8 Å². The molecule has 0 aromatic heterocycles. The van der Waals surface area contributed by atoms with Gasteiger partial charge in [0.1, 0.15) is 5.82 Å². The second-order valence-corrected chi connectivity index (χ2v) is 8.91. The molecule has 1 aliphatic carbocycles. The standard InChI is InChI=1S/C21H22FNO2S/c22-20-10-11-21(19-9-5-4-8-18(19)20)26(24,25)23-14-12-17(13-15-23)16-6-2-1-3-7-16/h2-11,16-17H,1,12-15H2. The summed E-state index contributed by atoms with van der Waals surface area (Å²) in [7, 11) is -3.63. The molecule has 26 heavy (non-hydrogen) atoms. The number of benzene rings is 2. The molecule has 0 unspecified atom stereocenters. The van der Waals surface area contributed by atoms with Gasteiger partial charge >= 0.3 is 0 Å². The molecule has 1 aliphatic heterocycles. The van der Waals surface area contributed by atoms with Crippen LogP contribution in [-0.4, -0.2) is 25.8 Å². The van der Waals surface area contributed by atoms with Gasteiger partial charge in [-0.05, 0) is 43.2 Å². The van der Waals surface area contributed by atoms with Crippen molar-refractivity contribution in [3.8, 4) is 0 Å². The highest BCUT2D eigenvalue weighted by molar-refractivity contribution is 7.89. The number of nitrogens with zero attached hydrogens (tertiary/aromatic N) is 1. The summed E-state index contributed by atoms with van der Waals surface area (Å²) in [6.45, 7) is 1.02. The normalized spacial score (nSPS) is 20.0. The quantitative estimate of drug-likeness (QED) is 0.745. The fourth-order valence-electron chi connectivity index (χ4n) is 4.03. The Morgan fingerprint density at radius 2 is 1.58 bits per heavy atom. The number of sulfonamides is 1. The maximum atomic E-state index is 14.0. The van der Waals surface area contributed by atoms with Crippen molar-refractivity contribution in [3.05, 3.63) is 66.5 Å². The van der Waals surface area contributed by atoms with Gasteiger partial charge in [-0.1, -0.05) is 48.6 Å². The average molecular weight is 371 g/mol. The van der Waals surface area contributed by atoms with E-state index in [1.54, 1.807) is 28.6 Å². The molecule has 0 saturated carbocycles. The summed E-state index contributed by atoms with van der Waals surface area (Å²) in [6.07, 6.45) is 11.5. The van der Waals surface area contributed by atoms with Crippen LogP contribution in [0.25, 0.3) is 10.8 Å². The van der Waals surface area contributed by atoms with Crippen LogP contribution in [0.15, 0.2) is 65.6 Å². The van der Waals surface area contributed by atoms with Gasteiger partial charge in [0.25, 0.3) is 0 Å². The van der Waals surface area contributed by atoms with Crippen molar-refractivity contribution in [2.24, 2.45) is 11.8 Å². The van der Waals surface area contributed by atoms with E-state index in [9.17, 15) is 12.8 Å². The SMILES string of the molecule is O=S(=O)(c1ccc(F)c2ccccc12)N1CCC(C2C=CCC=C2)CC1. The molecule has 0 spiro atoms. The first-order chi connectivity index (χ1) is 12.6. The number of piperidine rings is 1. The summed E-state index contributed by atoms with van der Waals surface area (Å²) in [5.74, 6) is 0.508. The molecular formula is C21H22FNO2S. The molecule has 0 N–H and O–H groups in total. The Balaban J connectivity index is 1.59. The predicted octanol–water partition coefficient (Wildman–Crippen LogP) is 4.51. The van der Waals surface area contributed by atoms with E-state index in [0.29, 0.717) is 35.7 Å². The molecule has 2 aliphatic rings. The van der Waals surface area contributed by atoms with Crippen molar-refractivity contribution >= 4 is 20.8 Å². The van der Waals surface area contributed by atoms with Crippen LogP contribution in [0.5, 0.6) is 0 Å². The van der Waals surface area contributed by atoms with Crippen LogP contribution in [0, 0.1) is 17.7 Å². The molecule has 1 heterocycles. The maximum absolute atomic E-state index is 14.0. The first-order valence-electron chi connectivity index (χ1n) is 9.08. The van der Waals surface area contributed by atoms with Crippen LogP contribution in [0.4, 0.5) is 4.39 Å². The molecule has 136 valence electrons. The first-order valence-corrected chi connectivity index (χ1v) is 10.5. The highest BCUT2D eigenvalue weighted by Gasteiger charge is 2.32. The Hall–Kier alpha value is -1.98. The van der Waals surface area contributed by atoms with E-state index in [-0.39, 0.29) is 4.90 Å². The van der Waals surface area contributed by atoms with Crippen LogP contribution in [0.1, 0.15) is 19.3 Å². The molecule has 0 radical (unpaired) electrons. The number of halogens is 1.